The number of rotatable bonds is 5. The first-order valence-corrected chi connectivity index (χ1v) is 10.1. The van der Waals surface area contributed by atoms with Gasteiger partial charge in [-0.3, -0.25) is 14.6 Å². The topological polar surface area (TPSA) is 65.5 Å². The number of carbonyl (C=O) groups excluding carboxylic acids is 2. The van der Waals surface area contributed by atoms with Gasteiger partial charge in [-0.25, -0.2) is 4.39 Å². The van der Waals surface area contributed by atoms with Gasteiger partial charge >= 0.3 is 0 Å². The Bertz CT molecular complexity index is 851. The van der Waals surface area contributed by atoms with Gasteiger partial charge < -0.3 is 15.1 Å². The molecule has 7 heteroatoms. The Morgan fingerprint density at radius 2 is 1.93 bits per heavy atom. The molecule has 6 nitrogen and oxygen atoms in total. The summed E-state index contributed by atoms with van der Waals surface area (Å²) in [5.74, 6) is -0.554. The van der Waals surface area contributed by atoms with E-state index in [-0.39, 0.29) is 36.0 Å². The molecule has 2 aliphatic rings. The number of amides is 2. The maximum atomic E-state index is 13.1. The van der Waals surface area contributed by atoms with Crippen LogP contribution in [0.2, 0.25) is 0 Å². The van der Waals surface area contributed by atoms with Gasteiger partial charge in [0, 0.05) is 56.7 Å². The molecule has 0 aliphatic carbocycles. The van der Waals surface area contributed by atoms with Crippen molar-refractivity contribution in [3.63, 3.8) is 0 Å². The zero-order valence-electron chi connectivity index (χ0n) is 16.3. The van der Waals surface area contributed by atoms with Gasteiger partial charge in [-0.05, 0) is 48.7 Å². The van der Waals surface area contributed by atoms with E-state index in [9.17, 15) is 14.0 Å². The highest BCUT2D eigenvalue weighted by atomic mass is 19.1. The van der Waals surface area contributed by atoms with Crippen LogP contribution in [0.3, 0.4) is 0 Å². The number of benzene rings is 1. The lowest BCUT2D eigenvalue weighted by atomic mass is 10.0. The van der Waals surface area contributed by atoms with Gasteiger partial charge in [0.15, 0.2) is 0 Å². The van der Waals surface area contributed by atoms with E-state index in [0.717, 1.165) is 37.2 Å². The van der Waals surface area contributed by atoms with E-state index in [0.29, 0.717) is 13.1 Å². The largest absolute Gasteiger partial charge is 0.371 e. The van der Waals surface area contributed by atoms with Crippen LogP contribution in [0.1, 0.15) is 24.8 Å². The molecule has 3 heterocycles. The molecule has 1 unspecified atom stereocenters. The molecule has 0 bridgehead atoms. The molecule has 2 amide bonds. The first-order valence-electron chi connectivity index (χ1n) is 10.1. The molecule has 2 aromatic rings. The van der Waals surface area contributed by atoms with Crippen molar-refractivity contribution >= 4 is 17.5 Å². The third kappa shape index (κ3) is 4.72. The van der Waals surface area contributed by atoms with E-state index >= 15 is 0 Å². The maximum Gasteiger partial charge on any atom is 0.225 e. The van der Waals surface area contributed by atoms with Crippen molar-refractivity contribution < 1.29 is 14.0 Å². The lowest BCUT2D eigenvalue weighted by Crippen LogP contribution is -2.46. The molecule has 2 aliphatic heterocycles. The van der Waals surface area contributed by atoms with E-state index in [4.69, 9.17) is 0 Å². The van der Waals surface area contributed by atoms with Crippen molar-refractivity contribution in [2.45, 2.75) is 31.8 Å². The fourth-order valence-electron chi connectivity index (χ4n) is 4.07. The smallest absolute Gasteiger partial charge is 0.225 e. The van der Waals surface area contributed by atoms with Gasteiger partial charge in [0.1, 0.15) is 5.82 Å². The summed E-state index contributed by atoms with van der Waals surface area (Å²) in [6, 6.07) is 10.4. The van der Waals surface area contributed by atoms with Crippen molar-refractivity contribution in [1.29, 1.82) is 0 Å². The van der Waals surface area contributed by atoms with Crippen LogP contribution in [0.25, 0.3) is 0 Å². The lowest BCUT2D eigenvalue weighted by molar-refractivity contribution is -0.129. The number of halogens is 1. The number of aromatic nitrogens is 1. The Hall–Kier alpha value is -2.96. The van der Waals surface area contributed by atoms with Gasteiger partial charge in [-0.15, -0.1) is 0 Å². The first-order chi connectivity index (χ1) is 14.1. The summed E-state index contributed by atoms with van der Waals surface area (Å²) in [7, 11) is 0. The molecule has 29 heavy (non-hydrogen) atoms. The fraction of sp³-hybridized carbons (Fsp3) is 0.409. The summed E-state index contributed by atoms with van der Waals surface area (Å²) in [6.45, 7) is 2.57. The third-order valence-electron chi connectivity index (χ3n) is 5.71. The molecule has 1 aromatic heterocycles. The Balaban J connectivity index is 1.26. The SMILES string of the molecule is O=C(NC1CCN(c2ccc(F)cc2)CC1)C1CC(=O)N(Cc2cccnc2)C1. The van der Waals surface area contributed by atoms with Gasteiger partial charge in [0.05, 0.1) is 5.92 Å². The summed E-state index contributed by atoms with van der Waals surface area (Å²) in [5.41, 5.74) is 1.97. The predicted molar refractivity (Wildman–Crippen MR) is 108 cm³/mol. The van der Waals surface area contributed by atoms with Crippen LogP contribution in [0.15, 0.2) is 48.8 Å². The van der Waals surface area contributed by atoms with Crippen molar-refractivity contribution in [3.05, 3.63) is 60.2 Å². The average Bonchev–Trinajstić information content (AvgIpc) is 3.10. The fourth-order valence-corrected chi connectivity index (χ4v) is 4.07. The summed E-state index contributed by atoms with van der Waals surface area (Å²) in [5, 5.41) is 3.13. The molecule has 152 valence electrons. The standard InChI is InChI=1S/C22H25FN4O2/c23-18-3-5-20(6-4-18)26-10-7-19(8-11-26)25-22(29)17-12-21(28)27(15-17)14-16-2-1-9-24-13-16/h1-6,9,13,17,19H,7-8,10-12,14-15H2,(H,25,29). The zero-order chi connectivity index (χ0) is 20.2. The molecule has 0 saturated carbocycles. The number of likely N-dealkylation sites (tertiary alicyclic amines) is 1. The molecule has 2 saturated heterocycles. The van der Waals surface area contributed by atoms with Gasteiger partial charge in [-0.2, -0.15) is 0 Å². The number of carbonyl (C=O) groups is 2. The Labute approximate surface area is 169 Å². The van der Waals surface area contributed by atoms with Crippen LogP contribution < -0.4 is 10.2 Å². The number of hydrogen-bond donors (Lipinski definition) is 1. The average molecular weight is 396 g/mol. The molecular weight excluding hydrogens is 371 g/mol. The van der Waals surface area contributed by atoms with E-state index in [1.165, 1.54) is 12.1 Å². The number of hydrogen-bond acceptors (Lipinski definition) is 4. The van der Waals surface area contributed by atoms with Gasteiger partial charge in [0.25, 0.3) is 0 Å². The minimum atomic E-state index is -0.297. The van der Waals surface area contributed by atoms with E-state index < -0.39 is 0 Å². The zero-order valence-corrected chi connectivity index (χ0v) is 16.3. The predicted octanol–water partition coefficient (Wildman–Crippen LogP) is 2.35. The maximum absolute atomic E-state index is 13.1. The second-order valence-electron chi connectivity index (χ2n) is 7.78. The summed E-state index contributed by atoms with van der Waals surface area (Å²) in [6.07, 6.45) is 5.38. The molecular formula is C22H25FN4O2. The minimum Gasteiger partial charge on any atom is -0.371 e. The molecule has 4 rings (SSSR count). The monoisotopic (exact) mass is 396 g/mol. The van der Waals surface area contributed by atoms with Crippen LogP contribution in [0.5, 0.6) is 0 Å². The van der Waals surface area contributed by atoms with Crippen LogP contribution in [0, 0.1) is 11.7 Å². The molecule has 2 fully saturated rings. The summed E-state index contributed by atoms with van der Waals surface area (Å²) < 4.78 is 13.1. The third-order valence-corrected chi connectivity index (χ3v) is 5.71. The van der Waals surface area contributed by atoms with Crippen molar-refractivity contribution in [2.75, 3.05) is 24.5 Å². The van der Waals surface area contributed by atoms with E-state index in [1.54, 1.807) is 29.4 Å². The van der Waals surface area contributed by atoms with Crippen molar-refractivity contribution in [3.8, 4) is 0 Å². The van der Waals surface area contributed by atoms with Crippen LogP contribution in [0.4, 0.5) is 10.1 Å². The number of nitrogens with one attached hydrogen (secondary N) is 1. The van der Waals surface area contributed by atoms with E-state index in [2.05, 4.69) is 15.2 Å². The van der Waals surface area contributed by atoms with E-state index in [1.807, 2.05) is 12.1 Å². The quantitative estimate of drug-likeness (QED) is 0.843. The Morgan fingerprint density at radius 3 is 2.62 bits per heavy atom. The number of nitrogens with zero attached hydrogens (tertiary/aromatic N) is 3. The number of pyridine rings is 1. The van der Waals surface area contributed by atoms with Crippen LogP contribution >= 0.6 is 0 Å². The minimum absolute atomic E-state index is 0.0140. The van der Waals surface area contributed by atoms with Crippen LogP contribution in [-0.2, 0) is 16.1 Å². The Kier molecular flexibility index (Phi) is 5.74. The lowest BCUT2D eigenvalue weighted by Gasteiger charge is -2.34. The number of anilines is 1. The molecule has 0 radical (unpaired) electrons. The number of piperidine rings is 1. The summed E-state index contributed by atoms with van der Waals surface area (Å²) in [4.78, 5) is 33.0. The van der Waals surface area contributed by atoms with Gasteiger partial charge in [0.2, 0.25) is 11.8 Å². The van der Waals surface area contributed by atoms with Crippen LogP contribution in [-0.4, -0.2) is 47.4 Å². The summed E-state index contributed by atoms with van der Waals surface area (Å²) >= 11 is 0. The van der Waals surface area contributed by atoms with Gasteiger partial charge in [-0.1, -0.05) is 6.07 Å². The first kappa shape index (κ1) is 19.4. The molecule has 1 N–H and O–H groups in total. The normalized spacial score (nSPS) is 20.2. The molecule has 0 spiro atoms. The van der Waals surface area contributed by atoms with Crippen molar-refractivity contribution in [1.82, 2.24) is 15.2 Å². The highest BCUT2D eigenvalue weighted by Gasteiger charge is 2.35. The van der Waals surface area contributed by atoms with Crippen molar-refractivity contribution in [2.24, 2.45) is 5.92 Å². The second-order valence-corrected chi connectivity index (χ2v) is 7.78. The highest BCUT2D eigenvalue weighted by molar-refractivity contribution is 5.89. The molecule has 1 atom stereocenters. The second kappa shape index (κ2) is 8.59. The Morgan fingerprint density at radius 1 is 1.17 bits per heavy atom. The molecule has 1 aromatic carbocycles. The highest BCUT2D eigenvalue weighted by Crippen LogP contribution is 2.23.